The van der Waals surface area contributed by atoms with Gasteiger partial charge in [0.15, 0.2) is 12.4 Å². The fourth-order valence-electron chi connectivity index (χ4n) is 3.15. The molecule has 0 aliphatic rings. The van der Waals surface area contributed by atoms with Crippen molar-refractivity contribution < 1.29 is 19.1 Å². The summed E-state index contributed by atoms with van der Waals surface area (Å²) in [4.78, 5) is 36.4. The first kappa shape index (κ1) is 23.2. The Kier molecular flexibility index (Phi) is 7.55. The summed E-state index contributed by atoms with van der Waals surface area (Å²) < 4.78 is 6.53. The number of esters is 1. The number of para-hydroxylation sites is 1. The molecule has 0 saturated heterocycles. The largest absolute Gasteiger partial charge is 0.455 e. The van der Waals surface area contributed by atoms with Crippen molar-refractivity contribution in [2.45, 2.75) is 26.3 Å². The fourth-order valence-corrected chi connectivity index (χ4v) is 3.15. The Morgan fingerprint density at radius 1 is 1.12 bits per heavy atom. The molecular formula is C24H23N5O4. The number of hydrogen-bond donors (Lipinski definition) is 2. The Bertz CT molecular complexity index is 1180. The van der Waals surface area contributed by atoms with Crippen molar-refractivity contribution in [3.8, 4) is 11.8 Å². The van der Waals surface area contributed by atoms with Gasteiger partial charge in [0.2, 0.25) is 5.91 Å². The summed E-state index contributed by atoms with van der Waals surface area (Å²) in [6, 6.07) is 17.8. The second kappa shape index (κ2) is 10.7. The number of anilines is 1. The number of aryl methyl sites for hydroxylation is 1. The lowest BCUT2D eigenvalue weighted by Crippen LogP contribution is -2.29. The highest BCUT2D eigenvalue weighted by molar-refractivity contribution is 5.93. The van der Waals surface area contributed by atoms with Gasteiger partial charge in [0.05, 0.1) is 24.3 Å². The molecule has 1 atom stereocenters. The molecule has 9 heteroatoms. The van der Waals surface area contributed by atoms with E-state index in [2.05, 4.69) is 15.7 Å². The third kappa shape index (κ3) is 6.27. The zero-order valence-corrected chi connectivity index (χ0v) is 18.2. The molecule has 0 bridgehead atoms. The predicted octanol–water partition coefficient (Wildman–Crippen LogP) is 2.80. The number of aromatic nitrogens is 2. The van der Waals surface area contributed by atoms with E-state index in [0.29, 0.717) is 5.69 Å². The van der Waals surface area contributed by atoms with Crippen LogP contribution in [-0.4, -0.2) is 34.2 Å². The maximum absolute atomic E-state index is 12.4. The Morgan fingerprint density at radius 3 is 2.45 bits per heavy atom. The number of carbonyl (C=O) groups is 3. The molecule has 33 heavy (non-hydrogen) atoms. The quantitative estimate of drug-likeness (QED) is 0.514. The molecular weight excluding hydrogens is 422 g/mol. The van der Waals surface area contributed by atoms with Gasteiger partial charge in [-0.2, -0.15) is 10.4 Å². The summed E-state index contributed by atoms with van der Waals surface area (Å²) in [5.41, 5.74) is 2.62. The molecule has 2 amide bonds. The van der Waals surface area contributed by atoms with Crippen LogP contribution in [0.1, 0.15) is 36.1 Å². The van der Waals surface area contributed by atoms with Crippen LogP contribution in [0, 0.1) is 18.3 Å². The number of carbonyl (C=O) groups excluding carboxylic acids is 3. The molecule has 0 spiro atoms. The van der Waals surface area contributed by atoms with Crippen molar-refractivity contribution >= 4 is 23.6 Å². The van der Waals surface area contributed by atoms with Crippen LogP contribution in [0.15, 0.2) is 60.8 Å². The van der Waals surface area contributed by atoms with E-state index in [1.54, 1.807) is 24.3 Å². The standard InChI is InChI=1S/C24H23N5O4/c1-16-8-10-18(11-9-16)21(27-17(2)30)12-23(32)33-15-22(31)28-24-19(13-25)14-26-29(24)20-6-4-3-5-7-20/h3-11,14,21H,12,15H2,1-2H3,(H,27,30)(H,28,31). The predicted molar refractivity (Wildman–Crippen MR) is 120 cm³/mol. The van der Waals surface area contributed by atoms with E-state index < -0.39 is 24.5 Å². The molecule has 9 nitrogen and oxygen atoms in total. The van der Waals surface area contributed by atoms with Crippen LogP contribution in [0.3, 0.4) is 0 Å². The Morgan fingerprint density at radius 2 is 1.82 bits per heavy atom. The van der Waals surface area contributed by atoms with Gasteiger partial charge >= 0.3 is 5.97 Å². The smallest absolute Gasteiger partial charge is 0.308 e. The topological polar surface area (TPSA) is 126 Å². The van der Waals surface area contributed by atoms with Crippen LogP contribution in [0.25, 0.3) is 5.69 Å². The highest BCUT2D eigenvalue weighted by atomic mass is 16.5. The molecule has 1 aromatic heterocycles. The van der Waals surface area contributed by atoms with Gasteiger partial charge in [-0.05, 0) is 24.6 Å². The van der Waals surface area contributed by atoms with Crippen molar-refractivity contribution in [2.75, 3.05) is 11.9 Å². The molecule has 0 fully saturated rings. The lowest BCUT2D eigenvalue weighted by molar-refractivity contribution is -0.148. The third-order valence-corrected chi connectivity index (χ3v) is 4.74. The second-order valence-corrected chi connectivity index (χ2v) is 7.34. The molecule has 168 valence electrons. The molecule has 1 heterocycles. The lowest BCUT2D eigenvalue weighted by Gasteiger charge is -2.18. The summed E-state index contributed by atoms with van der Waals surface area (Å²) >= 11 is 0. The van der Waals surface area contributed by atoms with Crippen molar-refractivity contribution in [3.63, 3.8) is 0 Å². The highest BCUT2D eigenvalue weighted by Gasteiger charge is 2.20. The zero-order chi connectivity index (χ0) is 23.8. The summed E-state index contributed by atoms with van der Waals surface area (Å²) in [5.74, 6) is -1.38. The van der Waals surface area contributed by atoms with E-state index >= 15 is 0 Å². The molecule has 3 rings (SSSR count). The number of nitriles is 1. The minimum Gasteiger partial charge on any atom is -0.455 e. The molecule has 1 unspecified atom stereocenters. The van der Waals surface area contributed by atoms with Gasteiger partial charge in [-0.3, -0.25) is 14.4 Å². The Balaban J connectivity index is 1.63. The van der Waals surface area contributed by atoms with Gasteiger partial charge in [-0.25, -0.2) is 4.68 Å². The van der Waals surface area contributed by atoms with Crippen LogP contribution >= 0.6 is 0 Å². The molecule has 0 radical (unpaired) electrons. The van der Waals surface area contributed by atoms with Crippen LogP contribution < -0.4 is 10.6 Å². The minimum atomic E-state index is -0.651. The maximum atomic E-state index is 12.4. The van der Waals surface area contributed by atoms with Gasteiger partial charge < -0.3 is 15.4 Å². The van der Waals surface area contributed by atoms with Crippen molar-refractivity contribution in [3.05, 3.63) is 77.5 Å². The monoisotopic (exact) mass is 445 g/mol. The Labute approximate surface area is 191 Å². The van der Waals surface area contributed by atoms with Crippen LogP contribution in [0.4, 0.5) is 5.82 Å². The molecule has 0 aliphatic carbocycles. The molecule has 0 saturated carbocycles. The van der Waals surface area contributed by atoms with E-state index in [9.17, 15) is 19.6 Å². The van der Waals surface area contributed by atoms with Crippen LogP contribution in [0.2, 0.25) is 0 Å². The van der Waals surface area contributed by atoms with E-state index in [1.165, 1.54) is 17.8 Å². The van der Waals surface area contributed by atoms with E-state index in [1.807, 2.05) is 43.3 Å². The van der Waals surface area contributed by atoms with Gasteiger partial charge in [0.25, 0.3) is 5.91 Å². The summed E-state index contributed by atoms with van der Waals surface area (Å²) in [6.45, 7) is 2.75. The van der Waals surface area contributed by atoms with E-state index in [0.717, 1.165) is 11.1 Å². The van der Waals surface area contributed by atoms with Crippen molar-refractivity contribution in [2.24, 2.45) is 0 Å². The summed E-state index contributed by atoms with van der Waals surface area (Å²) in [6.07, 6.45) is 1.20. The van der Waals surface area contributed by atoms with Crippen molar-refractivity contribution in [1.29, 1.82) is 5.26 Å². The maximum Gasteiger partial charge on any atom is 0.308 e. The number of nitrogens with one attached hydrogen (secondary N) is 2. The zero-order valence-electron chi connectivity index (χ0n) is 18.2. The first-order valence-electron chi connectivity index (χ1n) is 10.2. The number of hydrogen-bond acceptors (Lipinski definition) is 6. The van der Waals surface area contributed by atoms with E-state index in [-0.39, 0.29) is 23.7 Å². The number of benzene rings is 2. The molecule has 2 N–H and O–H groups in total. The first-order valence-corrected chi connectivity index (χ1v) is 10.2. The normalized spacial score (nSPS) is 11.2. The molecule has 0 aliphatic heterocycles. The number of rotatable bonds is 8. The highest BCUT2D eigenvalue weighted by Crippen LogP contribution is 2.20. The average Bonchev–Trinajstić information content (AvgIpc) is 3.20. The third-order valence-electron chi connectivity index (χ3n) is 4.74. The summed E-state index contributed by atoms with van der Waals surface area (Å²) in [7, 11) is 0. The van der Waals surface area contributed by atoms with Gasteiger partial charge in [0.1, 0.15) is 11.6 Å². The van der Waals surface area contributed by atoms with Crippen molar-refractivity contribution in [1.82, 2.24) is 15.1 Å². The first-order chi connectivity index (χ1) is 15.9. The molecule has 3 aromatic rings. The summed E-state index contributed by atoms with van der Waals surface area (Å²) in [5, 5.41) is 18.8. The number of amides is 2. The van der Waals surface area contributed by atoms with Gasteiger partial charge in [-0.1, -0.05) is 48.0 Å². The van der Waals surface area contributed by atoms with E-state index in [4.69, 9.17) is 4.74 Å². The number of nitrogens with zero attached hydrogens (tertiary/aromatic N) is 3. The number of ether oxygens (including phenoxy) is 1. The van der Waals surface area contributed by atoms with Gasteiger partial charge in [0, 0.05) is 6.92 Å². The second-order valence-electron chi connectivity index (χ2n) is 7.34. The molecule has 2 aromatic carbocycles. The van der Waals surface area contributed by atoms with Crippen LogP contribution in [0.5, 0.6) is 0 Å². The fraction of sp³-hybridized carbons (Fsp3) is 0.208. The minimum absolute atomic E-state index is 0.138. The van der Waals surface area contributed by atoms with Crippen LogP contribution in [-0.2, 0) is 19.1 Å². The average molecular weight is 445 g/mol. The lowest BCUT2D eigenvalue weighted by atomic mass is 10.0. The van der Waals surface area contributed by atoms with Gasteiger partial charge in [-0.15, -0.1) is 0 Å². The SMILES string of the molecule is CC(=O)NC(CC(=O)OCC(=O)Nc1c(C#N)cnn1-c1ccccc1)c1ccc(C)cc1. The Hall–Kier alpha value is -4.45.